The van der Waals surface area contributed by atoms with Gasteiger partial charge in [0.1, 0.15) is 5.82 Å². The van der Waals surface area contributed by atoms with Crippen molar-refractivity contribution in [3.63, 3.8) is 0 Å². The van der Waals surface area contributed by atoms with Crippen LogP contribution in [0.15, 0.2) is 60.8 Å². The van der Waals surface area contributed by atoms with Gasteiger partial charge in [0, 0.05) is 23.0 Å². The van der Waals surface area contributed by atoms with E-state index in [0.29, 0.717) is 22.5 Å². The molecule has 0 bridgehead atoms. The molecular weight excluding hydrogens is 347 g/mol. The molecule has 4 nitrogen and oxygen atoms in total. The molecule has 0 amide bonds. The normalized spacial score (nSPS) is 10.4. The highest BCUT2D eigenvalue weighted by Gasteiger charge is 2.03. The van der Waals surface area contributed by atoms with E-state index in [1.165, 1.54) is 12.1 Å². The third kappa shape index (κ3) is 4.53. The highest BCUT2D eigenvalue weighted by atomic mass is 35.5. The van der Waals surface area contributed by atoms with Crippen LogP contribution in [-0.4, -0.2) is 14.9 Å². The van der Waals surface area contributed by atoms with Gasteiger partial charge in [0.15, 0.2) is 10.9 Å². The Morgan fingerprint density at radius 3 is 2.46 bits per heavy atom. The second-order valence-electron chi connectivity index (χ2n) is 5.11. The van der Waals surface area contributed by atoms with Crippen LogP contribution >= 0.6 is 23.8 Å². The lowest BCUT2D eigenvalue weighted by Gasteiger charge is -2.08. The Labute approximate surface area is 149 Å². The Kier molecular flexibility index (Phi) is 5.08. The molecule has 0 unspecified atom stereocenters. The second kappa shape index (κ2) is 7.42. The predicted molar refractivity (Wildman–Crippen MR) is 99.0 cm³/mol. The fourth-order valence-electron chi connectivity index (χ4n) is 2.11. The summed E-state index contributed by atoms with van der Waals surface area (Å²) in [5.41, 5.74) is 1.80. The van der Waals surface area contributed by atoms with E-state index in [1.54, 1.807) is 28.9 Å². The van der Waals surface area contributed by atoms with E-state index in [1.807, 2.05) is 24.4 Å². The third-order valence-corrected chi connectivity index (χ3v) is 3.70. The van der Waals surface area contributed by atoms with Gasteiger partial charge in [-0.25, -0.2) is 4.39 Å². The zero-order chi connectivity index (χ0) is 16.9. The molecule has 1 heterocycles. The van der Waals surface area contributed by atoms with Crippen molar-refractivity contribution in [3.05, 3.63) is 77.2 Å². The first-order chi connectivity index (χ1) is 11.6. The molecule has 0 aliphatic rings. The molecule has 3 aromatic rings. The fourth-order valence-corrected chi connectivity index (χ4v) is 2.45. The molecule has 7 heteroatoms. The molecule has 0 fully saturated rings. The highest BCUT2D eigenvalue weighted by molar-refractivity contribution is 7.80. The van der Waals surface area contributed by atoms with Crippen LogP contribution in [0.5, 0.6) is 0 Å². The van der Waals surface area contributed by atoms with E-state index < -0.39 is 0 Å². The van der Waals surface area contributed by atoms with E-state index in [-0.39, 0.29) is 5.82 Å². The third-order valence-electron chi connectivity index (χ3n) is 3.24. The van der Waals surface area contributed by atoms with E-state index in [0.717, 1.165) is 11.3 Å². The lowest BCUT2D eigenvalue weighted by Crippen LogP contribution is -2.19. The van der Waals surface area contributed by atoms with Crippen LogP contribution in [-0.2, 0) is 6.54 Å². The molecule has 2 N–H and O–H groups in total. The number of rotatable bonds is 4. The molecule has 3 rings (SSSR count). The standard InChI is InChI=1S/C17H14ClFN4S/c18-13-3-7-15(8-4-13)20-17(24)21-16-9-10-23(22-16)11-12-1-5-14(19)6-2-12/h1-10H,11H2,(H2,20,21,22,24). The van der Waals surface area contributed by atoms with Crippen molar-refractivity contribution >= 4 is 40.4 Å². The number of anilines is 2. The number of hydrogen-bond donors (Lipinski definition) is 2. The van der Waals surface area contributed by atoms with Crippen molar-refractivity contribution in [2.75, 3.05) is 10.6 Å². The first-order valence-corrected chi connectivity index (χ1v) is 7.98. The van der Waals surface area contributed by atoms with Crippen LogP contribution in [0.4, 0.5) is 15.9 Å². The zero-order valence-corrected chi connectivity index (χ0v) is 14.1. The maximum atomic E-state index is 12.9. The second-order valence-corrected chi connectivity index (χ2v) is 5.96. The largest absolute Gasteiger partial charge is 0.332 e. The molecule has 24 heavy (non-hydrogen) atoms. The quantitative estimate of drug-likeness (QED) is 0.671. The summed E-state index contributed by atoms with van der Waals surface area (Å²) in [6, 6.07) is 15.4. The summed E-state index contributed by atoms with van der Waals surface area (Å²) in [5.74, 6) is 0.378. The van der Waals surface area contributed by atoms with Gasteiger partial charge in [0.05, 0.1) is 6.54 Å². The van der Waals surface area contributed by atoms with Crippen LogP contribution in [0.3, 0.4) is 0 Å². The van der Waals surface area contributed by atoms with Gasteiger partial charge in [-0.3, -0.25) is 4.68 Å². The topological polar surface area (TPSA) is 41.9 Å². The summed E-state index contributed by atoms with van der Waals surface area (Å²) in [7, 11) is 0. The summed E-state index contributed by atoms with van der Waals surface area (Å²) in [4.78, 5) is 0. The summed E-state index contributed by atoms with van der Waals surface area (Å²) >= 11 is 11.1. The van der Waals surface area contributed by atoms with Gasteiger partial charge >= 0.3 is 0 Å². The Morgan fingerprint density at radius 2 is 1.75 bits per heavy atom. The minimum absolute atomic E-state index is 0.250. The maximum Gasteiger partial charge on any atom is 0.176 e. The molecule has 0 saturated heterocycles. The van der Waals surface area contributed by atoms with Crippen molar-refractivity contribution < 1.29 is 4.39 Å². The summed E-state index contributed by atoms with van der Waals surface area (Å²) in [6.07, 6.45) is 1.83. The Balaban J connectivity index is 1.58. The van der Waals surface area contributed by atoms with E-state index in [2.05, 4.69) is 15.7 Å². The Morgan fingerprint density at radius 1 is 1.04 bits per heavy atom. The number of thiocarbonyl (C=S) groups is 1. The number of halogens is 2. The van der Waals surface area contributed by atoms with Crippen LogP contribution in [0.2, 0.25) is 5.02 Å². The van der Waals surface area contributed by atoms with Gasteiger partial charge in [-0.05, 0) is 54.2 Å². The molecule has 0 aliphatic carbocycles. The van der Waals surface area contributed by atoms with Gasteiger partial charge < -0.3 is 10.6 Å². The molecule has 1 aromatic heterocycles. The number of nitrogens with zero attached hydrogens (tertiary/aromatic N) is 2. The number of hydrogen-bond acceptors (Lipinski definition) is 2. The lowest BCUT2D eigenvalue weighted by molar-refractivity contribution is 0.624. The SMILES string of the molecule is Fc1ccc(Cn2ccc(NC(=S)Nc3ccc(Cl)cc3)n2)cc1. The smallest absolute Gasteiger partial charge is 0.176 e. The number of benzene rings is 2. The Hall–Kier alpha value is -2.44. The average Bonchev–Trinajstić information content (AvgIpc) is 2.99. The number of nitrogens with one attached hydrogen (secondary N) is 2. The van der Waals surface area contributed by atoms with Gasteiger partial charge in [0.2, 0.25) is 0 Å². The molecule has 0 spiro atoms. The molecule has 0 radical (unpaired) electrons. The fraction of sp³-hybridized carbons (Fsp3) is 0.0588. The summed E-state index contributed by atoms with van der Waals surface area (Å²) in [6.45, 7) is 0.555. The van der Waals surface area contributed by atoms with Crippen molar-refractivity contribution in [1.29, 1.82) is 0 Å². The molecular formula is C17H14ClFN4S. The van der Waals surface area contributed by atoms with E-state index in [4.69, 9.17) is 23.8 Å². The average molecular weight is 361 g/mol. The van der Waals surface area contributed by atoms with Gasteiger partial charge in [-0.1, -0.05) is 23.7 Å². The Bertz CT molecular complexity index is 831. The van der Waals surface area contributed by atoms with Crippen molar-refractivity contribution in [2.45, 2.75) is 6.54 Å². The minimum atomic E-state index is -0.250. The molecule has 0 saturated carbocycles. The van der Waals surface area contributed by atoms with Crippen molar-refractivity contribution in [2.24, 2.45) is 0 Å². The molecule has 2 aromatic carbocycles. The zero-order valence-electron chi connectivity index (χ0n) is 12.5. The van der Waals surface area contributed by atoms with Crippen molar-refractivity contribution in [3.8, 4) is 0 Å². The molecule has 0 atom stereocenters. The van der Waals surface area contributed by atoms with E-state index >= 15 is 0 Å². The first kappa shape index (κ1) is 16.4. The van der Waals surface area contributed by atoms with Crippen LogP contribution in [0, 0.1) is 5.82 Å². The maximum absolute atomic E-state index is 12.9. The summed E-state index contributed by atoms with van der Waals surface area (Å²) in [5, 5.41) is 11.6. The highest BCUT2D eigenvalue weighted by Crippen LogP contribution is 2.14. The van der Waals surface area contributed by atoms with Crippen molar-refractivity contribution in [1.82, 2.24) is 9.78 Å². The number of aromatic nitrogens is 2. The van der Waals surface area contributed by atoms with Crippen LogP contribution < -0.4 is 10.6 Å². The molecule has 122 valence electrons. The minimum Gasteiger partial charge on any atom is -0.332 e. The monoisotopic (exact) mass is 360 g/mol. The molecule has 0 aliphatic heterocycles. The van der Waals surface area contributed by atoms with E-state index in [9.17, 15) is 4.39 Å². The van der Waals surface area contributed by atoms with Gasteiger partial charge in [-0.2, -0.15) is 5.10 Å². The van der Waals surface area contributed by atoms with Gasteiger partial charge in [-0.15, -0.1) is 0 Å². The first-order valence-electron chi connectivity index (χ1n) is 7.20. The van der Waals surface area contributed by atoms with Crippen LogP contribution in [0.1, 0.15) is 5.56 Å². The summed E-state index contributed by atoms with van der Waals surface area (Å²) < 4.78 is 14.7. The lowest BCUT2D eigenvalue weighted by atomic mass is 10.2. The van der Waals surface area contributed by atoms with Gasteiger partial charge in [0.25, 0.3) is 0 Å². The predicted octanol–water partition coefficient (Wildman–Crippen LogP) is 4.53. The van der Waals surface area contributed by atoms with Crippen LogP contribution in [0.25, 0.3) is 0 Å².